The van der Waals surface area contributed by atoms with Crippen molar-refractivity contribution in [2.24, 2.45) is 0 Å². The Balaban J connectivity index is 1.32. The Morgan fingerprint density at radius 3 is 2.25 bits per heavy atom. The van der Waals surface area contributed by atoms with Gasteiger partial charge in [-0.1, -0.05) is 41.4 Å². The fraction of sp³-hybridized carbons (Fsp3) is 0.520. The Bertz CT molecular complexity index is 1270. The highest BCUT2D eigenvalue weighted by molar-refractivity contribution is 7.89. The molecule has 0 spiro atoms. The van der Waals surface area contributed by atoms with Crippen LogP contribution >= 0.6 is 11.6 Å². The molecule has 0 aliphatic carbocycles. The minimum absolute atomic E-state index is 0.0502. The first-order chi connectivity index (χ1) is 16.9. The van der Waals surface area contributed by atoms with Crippen LogP contribution in [0.1, 0.15) is 48.8 Å². The molecule has 2 saturated heterocycles. The zero-order chi connectivity index (χ0) is 26.1. The molecule has 2 heterocycles. The third-order valence-corrected chi connectivity index (χ3v) is 10.2. The number of halogens is 1. The van der Waals surface area contributed by atoms with Crippen molar-refractivity contribution in [2.45, 2.75) is 75.5 Å². The van der Waals surface area contributed by atoms with Crippen molar-refractivity contribution >= 4 is 31.9 Å². The van der Waals surface area contributed by atoms with Gasteiger partial charge in [-0.2, -0.15) is 12.7 Å². The number of fused-ring (bicyclic) bond motifs is 2. The third-order valence-electron chi connectivity index (χ3n) is 7.28. The maximum atomic E-state index is 12.8. The summed E-state index contributed by atoms with van der Waals surface area (Å²) < 4.78 is 63.4. The third kappa shape index (κ3) is 6.66. The molecule has 2 unspecified atom stereocenters. The highest BCUT2D eigenvalue weighted by Gasteiger charge is 2.41. The molecular formula is C25H34ClN3O5S2. The van der Waals surface area contributed by atoms with E-state index >= 15 is 0 Å². The summed E-state index contributed by atoms with van der Waals surface area (Å²) in [6.45, 7) is 4.72. The van der Waals surface area contributed by atoms with Gasteiger partial charge in [-0.3, -0.25) is 9.45 Å². The number of sulfonamides is 1. The molecule has 0 saturated carbocycles. The van der Waals surface area contributed by atoms with E-state index in [0.29, 0.717) is 23.6 Å². The molecule has 0 aromatic heterocycles. The first kappa shape index (κ1) is 27.5. The van der Waals surface area contributed by atoms with Crippen molar-refractivity contribution in [3.8, 4) is 0 Å². The number of benzene rings is 2. The van der Waals surface area contributed by atoms with Crippen molar-refractivity contribution in [2.75, 3.05) is 13.1 Å². The van der Waals surface area contributed by atoms with E-state index in [1.54, 1.807) is 30.3 Å². The predicted molar refractivity (Wildman–Crippen MR) is 141 cm³/mol. The molecule has 2 fully saturated rings. The van der Waals surface area contributed by atoms with Crippen molar-refractivity contribution in [3.63, 3.8) is 0 Å². The largest absolute Gasteiger partial charge is 0.336 e. The van der Waals surface area contributed by atoms with E-state index in [-0.39, 0.29) is 36.1 Å². The molecule has 2 aromatic carbocycles. The number of hydrogen-bond donors (Lipinski definition) is 2. The Morgan fingerprint density at radius 2 is 1.67 bits per heavy atom. The zero-order valence-electron chi connectivity index (χ0n) is 20.6. The summed E-state index contributed by atoms with van der Waals surface area (Å²) >= 11 is 6.17. The maximum absolute atomic E-state index is 12.8. The predicted octanol–water partition coefficient (Wildman–Crippen LogP) is 3.93. The quantitative estimate of drug-likeness (QED) is 0.430. The fourth-order valence-electron chi connectivity index (χ4n) is 5.38. The minimum Gasteiger partial charge on any atom is -0.297 e. The molecule has 8 nitrogen and oxygen atoms in total. The molecule has 2 N–H and O–H groups in total. The smallest absolute Gasteiger partial charge is 0.297 e. The summed E-state index contributed by atoms with van der Waals surface area (Å²) in [5, 5.41) is 0.556. The topological polar surface area (TPSA) is 107 Å². The highest BCUT2D eigenvalue weighted by Crippen LogP contribution is 2.36. The summed E-state index contributed by atoms with van der Waals surface area (Å²) in [4.78, 5) is 2.66. The van der Waals surface area contributed by atoms with Crippen molar-refractivity contribution in [1.29, 1.82) is 0 Å². The van der Waals surface area contributed by atoms with Crippen molar-refractivity contribution in [1.82, 2.24) is 13.9 Å². The van der Waals surface area contributed by atoms with Crippen LogP contribution in [0.25, 0.3) is 0 Å². The molecule has 2 aliphatic heterocycles. The van der Waals surface area contributed by atoms with E-state index in [2.05, 4.69) is 9.62 Å². The molecule has 2 atom stereocenters. The summed E-state index contributed by atoms with van der Waals surface area (Å²) in [7, 11) is -7.94. The lowest BCUT2D eigenvalue weighted by Crippen LogP contribution is -2.50. The van der Waals surface area contributed by atoms with E-state index in [9.17, 15) is 21.4 Å². The Hall–Kier alpha value is -1.53. The fourth-order valence-corrected chi connectivity index (χ4v) is 7.52. The number of nitrogens with one attached hydrogen (secondary N) is 1. The zero-order valence-corrected chi connectivity index (χ0v) is 23.0. The lowest BCUT2D eigenvalue weighted by molar-refractivity contribution is 0.119. The van der Waals surface area contributed by atoms with Gasteiger partial charge in [-0.15, -0.1) is 0 Å². The molecule has 4 rings (SSSR count). The molecular weight excluding hydrogens is 522 g/mol. The van der Waals surface area contributed by atoms with Gasteiger partial charge in [0, 0.05) is 36.2 Å². The number of aryl methyl sites for hydroxylation is 2. The van der Waals surface area contributed by atoms with Gasteiger partial charge in [0.2, 0.25) is 10.0 Å². The second kappa shape index (κ2) is 11.1. The van der Waals surface area contributed by atoms with E-state index in [4.69, 9.17) is 11.6 Å². The Labute approximate surface area is 219 Å². The van der Waals surface area contributed by atoms with Gasteiger partial charge in [0.05, 0.1) is 4.90 Å². The first-order valence-electron chi connectivity index (χ1n) is 12.2. The van der Waals surface area contributed by atoms with Crippen LogP contribution in [0.15, 0.2) is 47.4 Å². The van der Waals surface area contributed by atoms with Crippen LogP contribution < -0.4 is 4.72 Å². The average Bonchev–Trinajstić information content (AvgIpc) is 3.03. The molecule has 2 aliphatic rings. The Kier molecular flexibility index (Phi) is 8.45. The van der Waals surface area contributed by atoms with Gasteiger partial charge in [-0.25, -0.2) is 13.1 Å². The molecule has 2 aromatic rings. The van der Waals surface area contributed by atoms with Crippen LogP contribution in [0.2, 0.25) is 5.02 Å². The monoisotopic (exact) mass is 555 g/mol. The number of nitrogens with zero attached hydrogens (tertiary/aromatic N) is 2. The number of rotatable bonds is 10. The van der Waals surface area contributed by atoms with E-state index < -0.39 is 20.3 Å². The molecule has 0 radical (unpaired) electrons. The normalized spacial score (nSPS) is 22.9. The summed E-state index contributed by atoms with van der Waals surface area (Å²) in [5.74, 6) is 0. The molecule has 198 valence electrons. The van der Waals surface area contributed by atoms with Gasteiger partial charge in [0.1, 0.15) is 0 Å². The summed E-state index contributed by atoms with van der Waals surface area (Å²) in [6.07, 6.45) is 4.01. The lowest BCUT2D eigenvalue weighted by Gasteiger charge is -2.39. The van der Waals surface area contributed by atoms with Crippen LogP contribution in [0.3, 0.4) is 0 Å². The second-order valence-corrected chi connectivity index (χ2v) is 13.5. The van der Waals surface area contributed by atoms with E-state index in [1.165, 1.54) is 0 Å². The van der Waals surface area contributed by atoms with Crippen molar-refractivity contribution in [3.05, 3.63) is 64.2 Å². The van der Waals surface area contributed by atoms with Gasteiger partial charge in [-0.05, 0) is 81.8 Å². The second-order valence-electron chi connectivity index (χ2n) is 9.97. The summed E-state index contributed by atoms with van der Waals surface area (Å²) in [5.41, 5.74) is 2.62. The van der Waals surface area contributed by atoms with E-state index in [0.717, 1.165) is 41.1 Å². The van der Waals surface area contributed by atoms with Crippen LogP contribution in [-0.4, -0.2) is 61.8 Å². The van der Waals surface area contributed by atoms with Gasteiger partial charge < -0.3 is 0 Å². The van der Waals surface area contributed by atoms with Gasteiger partial charge >= 0.3 is 10.3 Å². The molecule has 2 bridgehead atoms. The van der Waals surface area contributed by atoms with Crippen LogP contribution in [0.5, 0.6) is 0 Å². The van der Waals surface area contributed by atoms with Gasteiger partial charge in [0.25, 0.3) is 0 Å². The summed E-state index contributed by atoms with van der Waals surface area (Å²) in [6, 6.07) is 12.6. The van der Waals surface area contributed by atoms with Crippen LogP contribution in [-0.2, 0) is 26.9 Å². The first-order valence-corrected chi connectivity index (χ1v) is 15.5. The Morgan fingerprint density at radius 1 is 1.03 bits per heavy atom. The molecule has 0 amide bonds. The van der Waals surface area contributed by atoms with E-state index in [1.807, 2.05) is 26.0 Å². The average molecular weight is 556 g/mol. The SMILES string of the molecule is Cc1ccc(S(=O)(=O)NC2CC3CCC(C2)N3CCCN(Cc2ccc(C)c(Cl)c2)S(=O)(=O)O)cc1. The lowest BCUT2D eigenvalue weighted by atomic mass is 9.98. The molecule has 11 heteroatoms. The van der Waals surface area contributed by atoms with Crippen LogP contribution in [0, 0.1) is 13.8 Å². The standard InChI is InChI=1S/C25H34ClN3O5S2/c1-18-4-10-24(11-5-18)35(30,31)27-21-15-22-8-9-23(16-21)29(22)13-3-12-28(36(32,33)34)17-20-7-6-19(2)25(26)14-20/h4-7,10-11,14,21-23,27H,3,8-9,12-13,15-17H2,1-2H3,(H,32,33,34). The minimum atomic E-state index is -4.36. The van der Waals surface area contributed by atoms with Gasteiger partial charge in [0.15, 0.2) is 0 Å². The number of piperidine rings is 1. The molecule has 36 heavy (non-hydrogen) atoms. The highest BCUT2D eigenvalue weighted by atomic mass is 35.5. The van der Waals surface area contributed by atoms with Crippen LogP contribution in [0.4, 0.5) is 0 Å². The van der Waals surface area contributed by atoms with Crippen molar-refractivity contribution < 1.29 is 21.4 Å². The number of hydrogen-bond acceptors (Lipinski definition) is 5. The maximum Gasteiger partial charge on any atom is 0.336 e.